The van der Waals surface area contributed by atoms with E-state index in [0.717, 1.165) is 6.42 Å². The molecule has 0 radical (unpaired) electrons. The van der Waals surface area contributed by atoms with Gasteiger partial charge in [-0.3, -0.25) is 4.79 Å². The molecule has 1 unspecified atom stereocenters. The molecular weight excluding hydrogens is 180 g/mol. The number of hydrogen-bond donors (Lipinski definition) is 2. The molecule has 4 heteroatoms. The second-order valence-electron chi connectivity index (χ2n) is 3.53. The third-order valence-corrected chi connectivity index (χ3v) is 2.20. The molecule has 14 heavy (non-hydrogen) atoms. The van der Waals surface area contributed by atoms with Crippen molar-refractivity contribution in [3.8, 4) is 0 Å². The van der Waals surface area contributed by atoms with Crippen LogP contribution in [0.25, 0.3) is 0 Å². The molecule has 0 aromatic rings. The van der Waals surface area contributed by atoms with E-state index < -0.39 is 0 Å². The summed E-state index contributed by atoms with van der Waals surface area (Å²) in [5.41, 5.74) is 5.40. The number of carbonyl (C=O) groups excluding carboxylic acids is 1. The van der Waals surface area contributed by atoms with Crippen LogP contribution < -0.4 is 5.73 Å². The first-order valence-corrected chi connectivity index (χ1v) is 5.27. The minimum atomic E-state index is -0.0295. The fourth-order valence-electron chi connectivity index (χ4n) is 1.41. The van der Waals surface area contributed by atoms with E-state index in [4.69, 9.17) is 10.8 Å². The first-order chi connectivity index (χ1) is 6.67. The van der Waals surface area contributed by atoms with Crippen LogP contribution in [0.2, 0.25) is 0 Å². The number of hydrogen-bond acceptors (Lipinski definition) is 3. The van der Waals surface area contributed by atoms with Gasteiger partial charge < -0.3 is 15.7 Å². The van der Waals surface area contributed by atoms with E-state index in [0.29, 0.717) is 26.1 Å². The lowest BCUT2D eigenvalue weighted by Gasteiger charge is -2.24. The standard InChI is InChI=1S/C10H22N2O2/c1-3-6-12(7-8-13)10(14)9(2)4-5-11/h9,13H,3-8,11H2,1-2H3. The van der Waals surface area contributed by atoms with E-state index in [2.05, 4.69) is 0 Å². The highest BCUT2D eigenvalue weighted by atomic mass is 16.3. The fourth-order valence-corrected chi connectivity index (χ4v) is 1.41. The predicted molar refractivity (Wildman–Crippen MR) is 56.8 cm³/mol. The minimum absolute atomic E-state index is 0.0289. The summed E-state index contributed by atoms with van der Waals surface area (Å²) in [6.07, 6.45) is 1.63. The molecule has 0 aliphatic heterocycles. The van der Waals surface area contributed by atoms with Gasteiger partial charge in [0.25, 0.3) is 0 Å². The lowest BCUT2D eigenvalue weighted by Crippen LogP contribution is -2.38. The Hall–Kier alpha value is -0.610. The number of rotatable bonds is 7. The normalized spacial score (nSPS) is 12.6. The van der Waals surface area contributed by atoms with Crippen molar-refractivity contribution in [1.82, 2.24) is 4.90 Å². The molecule has 0 fully saturated rings. The van der Waals surface area contributed by atoms with Gasteiger partial charge in [-0.25, -0.2) is 0 Å². The van der Waals surface area contributed by atoms with Gasteiger partial charge in [0.15, 0.2) is 0 Å². The van der Waals surface area contributed by atoms with Gasteiger partial charge in [-0.2, -0.15) is 0 Å². The zero-order chi connectivity index (χ0) is 11.0. The Morgan fingerprint density at radius 3 is 2.57 bits per heavy atom. The lowest BCUT2D eigenvalue weighted by atomic mass is 10.1. The zero-order valence-electron chi connectivity index (χ0n) is 9.20. The van der Waals surface area contributed by atoms with Crippen LogP contribution in [0.15, 0.2) is 0 Å². The van der Waals surface area contributed by atoms with Crippen molar-refractivity contribution in [3.05, 3.63) is 0 Å². The smallest absolute Gasteiger partial charge is 0.225 e. The monoisotopic (exact) mass is 202 g/mol. The van der Waals surface area contributed by atoms with Crippen molar-refractivity contribution in [2.45, 2.75) is 26.7 Å². The molecule has 0 saturated heterocycles. The Kier molecular flexibility index (Phi) is 7.42. The molecule has 3 N–H and O–H groups in total. The SMILES string of the molecule is CCCN(CCO)C(=O)C(C)CCN. The third-order valence-electron chi connectivity index (χ3n) is 2.20. The lowest BCUT2D eigenvalue weighted by molar-refractivity contribution is -0.135. The van der Waals surface area contributed by atoms with Crippen molar-refractivity contribution in [2.24, 2.45) is 11.7 Å². The van der Waals surface area contributed by atoms with Crippen LogP contribution in [0.3, 0.4) is 0 Å². The second kappa shape index (κ2) is 7.76. The first-order valence-electron chi connectivity index (χ1n) is 5.27. The number of aliphatic hydroxyl groups excluding tert-OH is 1. The van der Waals surface area contributed by atoms with Crippen LogP contribution in [0, 0.1) is 5.92 Å². The molecule has 0 aromatic carbocycles. The van der Waals surface area contributed by atoms with E-state index in [1.807, 2.05) is 13.8 Å². The highest BCUT2D eigenvalue weighted by molar-refractivity contribution is 5.78. The maximum absolute atomic E-state index is 11.8. The Balaban J connectivity index is 4.11. The topological polar surface area (TPSA) is 66.6 Å². The molecule has 0 saturated carbocycles. The number of nitrogens with two attached hydrogens (primary N) is 1. The maximum Gasteiger partial charge on any atom is 0.225 e. The molecule has 1 amide bonds. The summed E-state index contributed by atoms with van der Waals surface area (Å²) in [5.74, 6) is 0.0736. The van der Waals surface area contributed by atoms with E-state index in [-0.39, 0.29) is 18.4 Å². The molecule has 4 nitrogen and oxygen atoms in total. The van der Waals surface area contributed by atoms with Crippen LogP contribution in [0.1, 0.15) is 26.7 Å². The molecule has 0 aromatic heterocycles. The van der Waals surface area contributed by atoms with Crippen molar-refractivity contribution in [3.63, 3.8) is 0 Å². The Bertz CT molecular complexity index is 156. The minimum Gasteiger partial charge on any atom is -0.395 e. The Morgan fingerprint density at radius 2 is 2.14 bits per heavy atom. The van der Waals surface area contributed by atoms with Gasteiger partial charge in [0.05, 0.1) is 6.61 Å². The second-order valence-corrected chi connectivity index (χ2v) is 3.53. The fraction of sp³-hybridized carbons (Fsp3) is 0.900. The number of nitrogens with zero attached hydrogens (tertiary/aromatic N) is 1. The van der Waals surface area contributed by atoms with Crippen molar-refractivity contribution >= 4 is 5.91 Å². The van der Waals surface area contributed by atoms with Crippen molar-refractivity contribution in [2.75, 3.05) is 26.2 Å². The summed E-state index contributed by atoms with van der Waals surface area (Å²) in [7, 11) is 0. The highest BCUT2D eigenvalue weighted by Gasteiger charge is 2.18. The molecule has 0 rings (SSSR count). The van der Waals surface area contributed by atoms with Gasteiger partial charge >= 0.3 is 0 Å². The highest BCUT2D eigenvalue weighted by Crippen LogP contribution is 2.06. The van der Waals surface area contributed by atoms with Crippen LogP contribution in [-0.2, 0) is 4.79 Å². The molecular formula is C10H22N2O2. The van der Waals surface area contributed by atoms with E-state index >= 15 is 0 Å². The van der Waals surface area contributed by atoms with E-state index in [1.165, 1.54) is 0 Å². The van der Waals surface area contributed by atoms with Gasteiger partial charge in [-0.05, 0) is 19.4 Å². The summed E-state index contributed by atoms with van der Waals surface area (Å²) in [4.78, 5) is 13.5. The summed E-state index contributed by atoms with van der Waals surface area (Å²) < 4.78 is 0. The summed E-state index contributed by atoms with van der Waals surface area (Å²) >= 11 is 0. The average Bonchev–Trinajstić information content (AvgIpc) is 2.17. The summed E-state index contributed by atoms with van der Waals surface area (Å²) in [6.45, 7) is 5.61. The van der Waals surface area contributed by atoms with E-state index in [9.17, 15) is 4.79 Å². The number of carbonyl (C=O) groups is 1. The Morgan fingerprint density at radius 1 is 1.50 bits per heavy atom. The van der Waals surface area contributed by atoms with Crippen molar-refractivity contribution < 1.29 is 9.90 Å². The first kappa shape index (κ1) is 13.4. The zero-order valence-corrected chi connectivity index (χ0v) is 9.20. The number of aliphatic hydroxyl groups is 1. The molecule has 0 bridgehead atoms. The van der Waals surface area contributed by atoms with Crippen LogP contribution in [0.5, 0.6) is 0 Å². The molecule has 0 aliphatic rings. The van der Waals surface area contributed by atoms with Crippen LogP contribution in [0.4, 0.5) is 0 Å². The largest absolute Gasteiger partial charge is 0.395 e. The summed E-state index contributed by atoms with van der Waals surface area (Å²) in [6, 6.07) is 0. The quantitative estimate of drug-likeness (QED) is 0.620. The molecule has 0 heterocycles. The maximum atomic E-state index is 11.8. The molecule has 0 aliphatic carbocycles. The van der Waals surface area contributed by atoms with Gasteiger partial charge in [0.2, 0.25) is 5.91 Å². The van der Waals surface area contributed by atoms with E-state index in [1.54, 1.807) is 4.90 Å². The van der Waals surface area contributed by atoms with Gasteiger partial charge in [0, 0.05) is 19.0 Å². The number of amides is 1. The van der Waals surface area contributed by atoms with Gasteiger partial charge in [-0.15, -0.1) is 0 Å². The van der Waals surface area contributed by atoms with Gasteiger partial charge in [-0.1, -0.05) is 13.8 Å². The predicted octanol–water partition coefficient (Wildman–Crippen LogP) is 0.202. The molecule has 1 atom stereocenters. The van der Waals surface area contributed by atoms with Gasteiger partial charge in [0.1, 0.15) is 0 Å². The average molecular weight is 202 g/mol. The Labute approximate surface area is 86.1 Å². The van der Waals surface area contributed by atoms with Crippen LogP contribution >= 0.6 is 0 Å². The molecule has 84 valence electrons. The summed E-state index contributed by atoms with van der Waals surface area (Å²) in [5, 5.41) is 8.81. The molecule has 0 spiro atoms. The van der Waals surface area contributed by atoms with Crippen molar-refractivity contribution in [1.29, 1.82) is 0 Å². The van der Waals surface area contributed by atoms with Crippen LogP contribution in [-0.4, -0.2) is 42.2 Å². The third kappa shape index (κ3) is 4.58.